The molecule has 0 radical (unpaired) electrons. The molecule has 1 aliphatic heterocycles. The normalized spacial score (nSPS) is 17.4. The highest BCUT2D eigenvalue weighted by atomic mass is 16.5. The number of nitrogens with zero attached hydrogens (tertiary/aromatic N) is 2. The van der Waals surface area contributed by atoms with Gasteiger partial charge in [0, 0.05) is 13.2 Å². The number of nitrogens with one attached hydrogen (secondary N) is 1. The zero-order valence-corrected chi connectivity index (χ0v) is 10.7. The number of fused-ring (bicyclic) bond motifs is 1. The summed E-state index contributed by atoms with van der Waals surface area (Å²) in [6.07, 6.45) is 4.06. The van der Waals surface area contributed by atoms with Gasteiger partial charge in [-0.25, -0.2) is 0 Å². The van der Waals surface area contributed by atoms with Crippen molar-refractivity contribution >= 4 is 5.91 Å². The highest BCUT2D eigenvalue weighted by molar-refractivity contribution is 5.93. The van der Waals surface area contributed by atoms with Crippen LogP contribution in [0.25, 0.3) is 0 Å². The van der Waals surface area contributed by atoms with Crippen LogP contribution in [0.3, 0.4) is 0 Å². The maximum absolute atomic E-state index is 12.0. The Morgan fingerprint density at radius 1 is 1.47 bits per heavy atom. The number of amides is 1. The predicted molar refractivity (Wildman–Crippen MR) is 70.1 cm³/mol. The van der Waals surface area contributed by atoms with E-state index in [-0.39, 0.29) is 11.9 Å². The first-order valence-corrected chi connectivity index (χ1v) is 6.22. The van der Waals surface area contributed by atoms with Crippen LogP contribution in [0.5, 0.6) is 5.75 Å². The molecule has 2 heterocycles. The van der Waals surface area contributed by atoms with Crippen LogP contribution < -0.4 is 10.1 Å². The van der Waals surface area contributed by atoms with Crippen molar-refractivity contribution in [3.63, 3.8) is 0 Å². The van der Waals surface area contributed by atoms with Gasteiger partial charge in [0.2, 0.25) is 0 Å². The second-order valence-electron chi connectivity index (χ2n) is 4.70. The number of benzene rings is 1. The number of aryl methyl sites for hydroxylation is 1. The molecule has 0 spiro atoms. The van der Waals surface area contributed by atoms with Crippen LogP contribution in [0.1, 0.15) is 15.9 Å². The number of ether oxygens (including phenoxy) is 1. The molecule has 5 heteroatoms. The summed E-state index contributed by atoms with van der Waals surface area (Å²) in [7, 11) is 1.79. The Bertz CT molecular complexity index is 606. The largest absolute Gasteiger partial charge is 0.491 e. The second kappa shape index (κ2) is 4.76. The fraction of sp³-hybridized carbons (Fsp3) is 0.286. The van der Waals surface area contributed by atoms with Crippen LogP contribution >= 0.6 is 0 Å². The molecule has 19 heavy (non-hydrogen) atoms. The SMILES string of the molecule is Cn1cc(C(=O)N[C@@H]2COc3ccccc3C2)cn1. The molecule has 0 fully saturated rings. The minimum atomic E-state index is -0.110. The van der Waals surface area contributed by atoms with E-state index in [1.54, 1.807) is 24.1 Å². The van der Waals surface area contributed by atoms with Crippen molar-refractivity contribution in [1.29, 1.82) is 0 Å². The van der Waals surface area contributed by atoms with Crippen molar-refractivity contribution in [3.05, 3.63) is 47.8 Å². The first-order chi connectivity index (χ1) is 9.22. The van der Waals surface area contributed by atoms with Gasteiger partial charge in [0.15, 0.2) is 0 Å². The molecule has 1 atom stereocenters. The van der Waals surface area contributed by atoms with E-state index in [1.165, 1.54) is 0 Å². The Kier molecular flexibility index (Phi) is 2.95. The molecule has 1 amide bonds. The molecule has 5 nitrogen and oxygen atoms in total. The molecule has 0 unspecified atom stereocenters. The lowest BCUT2D eigenvalue weighted by molar-refractivity contribution is 0.0915. The van der Waals surface area contributed by atoms with E-state index >= 15 is 0 Å². The number of para-hydroxylation sites is 1. The summed E-state index contributed by atoms with van der Waals surface area (Å²) in [5.74, 6) is 0.801. The van der Waals surface area contributed by atoms with Gasteiger partial charge in [-0.1, -0.05) is 18.2 Å². The average Bonchev–Trinajstić information content (AvgIpc) is 2.85. The van der Waals surface area contributed by atoms with Gasteiger partial charge in [-0.05, 0) is 18.1 Å². The summed E-state index contributed by atoms with van der Waals surface area (Å²) >= 11 is 0. The van der Waals surface area contributed by atoms with E-state index in [1.807, 2.05) is 24.3 Å². The number of rotatable bonds is 2. The molecule has 0 bridgehead atoms. The quantitative estimate of drug-likeness (QED) is 0.878. The third-order valence-corrected chi connectivity index (χ3v) is 3.18. The van der Waals surface area contributed by atoms with E-state index in [0.29, 0.717) is 12.2 Å². The summed E-state index contributed by atoms with van der Waals surface area (Å²) in [5, 5.41) is 6.96. The maximum Gasteiger partial charge on any atom is 0.254 e. The highest BCUT2D eigenvalue weighted by Crippen LogP contribution is 2.23. The smallest absolute Gasteiger partial charge is 0.254 e. The van der Waals surface area contributed by atoms with E-state index < -0.39 is 0 Å². The lowest BCUT2D eigenvalue weighted by atomic mass is 10.0. The fourth-order valence-electron chi connectivity index (χ4n) is 2.23. The highest BCUT2D eigenvalue weighted by Gasteiger charge is 2.21. The fourth-order valence-corrected chi connectivity index (χ4v) is 2.23. The van der Waals surface area contributed by atoms with Crippen LogP contribution in [0.15, 0.2) is 36.7 Å². The van der Waals surface area contributed by atoms with Gasteiger partial charge in [0.05, 0.1) is 17.8 Å². The van der Waals surface area contributed by atoms with Crippen molar-refractivity contribution in [2.75, 3.05) is 6.61 Å². The number of hydrogen-bond acceptors (Lipinski definition) is 3. The summed E-state index contributed by atoms with van der Waals surface area (Å²) in [6.45, 7) is 0.503. The number of hydrogen-bond donors (Lipinski definition) is 1. The molecule has 0 saturated carbocycles. The molecule has 0 aliphatic carbocycles. The van der Waals surface area contributed by atoms with Crippen molar-refractivity contribution < 1.29 is 9.53 Å². The van der Waals surface area contributed by atoms with E-state index in [9.17, 15) is 4.79 Å². The third kappa shape index (κ3) is 2.45. The Hall–Kier alpha value is -2.30. The van der Waals surface area contributed by atoms with Gasteiger partial charge in [0.25, 0.3) is 5.91 Å². The Labute approximate surface area is 111 Å². The maximum atomic E-state index is 12.0. The van der Waals surface area contributed by atoms with Crippen molar-refractivity contribution in [2.24, 2.45) is 7.05 Å². The van der Waals surface area contributed by atoms with Crippen LogP contribution in [-0.2, 0) is 13.5 Å². The minimum Gasteiger partial charge on any atom is -0.491 e. The molecule has 1 aliphatic rings. The number of carbonyl (C=O) groups excluding carboxylic acids is 1. The summed E-state index contributed by atoms with van der Waals surface area (Å²) in [6, 6.07) is 7.91. The van der Waals surface area contributed by atoms with Crippen molar-refractivity contribution in [2.45, 2.75) is 12.5 Å². The van der Waals surface area contributed by atoms with Crippen LogP contribution in [0, 0.1) is 0 Å². The first-order valence-electron chi connectivity index (χ1n) is 6.22. The molecule has 1 aromatic carbocycles. The predicted octanol–water partition coefficient (Wildman–Crippen LogP) is 1.15. The van der Waals surface area contributed by atoms with Crippen LogP contribution in [0.2, 0.25) is 0 Å². The van der Waals surface area contributed by atoms with E-state index in [0.717, 1.165) is 17.7 Å². The summed E-state index contributed by atoms with van der Waals surface area (Å²) < 4.78 is 7.26. The van der Waals surface area contributed by atoms with Gasteiger partial charge < -0.3 is 10.1 Å². The zero-order chi connectivity index (χ0) is 13.2. The van der Waals surface area contributed by atoms with E-state index in [2.05, 4.69) is 10.4 Å². The third-order valence-electron chi connectivity index (χ3n) is 3.18. The molecule has 3 rings (SSSR count). The lowest BCUT2D eigenvalue weighted by Gasteiger charge is -2.25. The van der Waals surface area contributed by atoms with Gasteiger partial charge >= 0.3 is 0 Å². The lowest BCUT2D eigenvalue weighted by Crippen LogP contribution is -2.42. The standard InChI is InChI=1S/C14H15N3O2/c1-17-8-11(7-15-17)14(18)16-12-6-10-4-2-3-5-13(10)19-9-12/h2-5,7-8,12H,6,9H2,1H3,(H,16,18)/t12-/m0/s1. The molecule has 2 aromatic rings. The molecule has 1 aromatic heterocycles. The van der Waals surface area contributed by atoms with Crippen LogP contribution in [0.4, 0.5) is 0 Å². The monoisotopic (exact) mass is 257 g/mol. The Balaban J connectivity index is 1.68. The van der Waals surface area contributed by atoms with E-state index in [4.69, 9.17) is 4.74 Å². The van der Waals surface area contributed by atoms with Crippen molar-refractivity contribution in [1.82, 2.24) is 15.1 Å². The second-order valence-corrected chi connectivity index (χ2v) is 4.70. The number of aromatic nitrogens is 2. The minimum absolute atomic E-state index is 0.00241. The number of carbonyl (C=O) groups is 1. The molecule has 1 N–H and O–H groups in total. The average molecular weight is 257 g/mol. The summed E-state index contributed by atoms with van der Waals surface area (Å²) in [4.78, 5) is 12.0. The molecule has 0 saturated heterocycles. The molecular weight excluding hydrogens is 242 g/mol. The van der Waals surface area contributed by atoms with Gasteiger partial charge in [-0.2, -0.15) is 5.10 Å². The van der Waals surface area contributed by atoms with Gasteiger partial charge in [0.1, 0.15) is 12.4 Å². The van der Waals surface area contributed by atoms with Gasteiger partial charge in [-0.15, -0.1) is 0 Å². The van der Waals surface area contributed by atoms with Gasteiger partial charge in [-0.3, -0.25) is 9.48 Å². The molecule has 98 valence electrons. The van der Waals surface area contributed by atoms with Crippen LogP contribution in [-0.4, -0.2) is 28.3 Å². The van der Waals surface area contributed by atoms with Crippen molar-refractivity contribution in [3.8, 4) is 5.75 Å². The topological polar surface area (TPSA) is 56.2 Å². The Morgan fingerprint density at radius 2 is 2.32 bits per heavy atom. The molecular formula is C14H15N3O2. The Morgan fingerprint density at radius 3 is 3.11 bits per heavy atom. The first kappa shape index (κ1) is 11.8. The summed E-state index contributed by atoms with van der Waals surface area (Å²) in [5.41, 5.74) is 1.70. The zero-order valence-electron chi connectivity index (χ0n) is 10.7.